The minimum atomic E-state index is -4.39. The summed E-state index contributed by atoms with van der Waals surface area (Å²) in [5.74, 6) is -0.527. The summed E-state index contributed by atoms with van der Waals surface area (Å²) in [5, 5.41) is 13.3. The van der Waals surface area contributed by atoms with Crippen LogP contribution in [0.3, 0.4) is 0 Å². The van der Waals surface area contributed by atoms with Crippen molar-refractivity contribution >= 4 is 34.8 Å². The van der Waals surface area contributed by atoms with Crippen LogP contribution in [0.1, 0.15) is 27.0 Å². The molecule has 0 heterocycles. The number of carbonyl (C=O) groups is 1. The van der Waals surface area contributed by atoms with Crippen LogP contribution in [-0.2, 0) is 12.6 Å². The highest BCUT2D eigenvalue weighted by Gasteiger charge is 2.29. The summed E-state index contributed by atoms with van der Waals surface area (Å²) in [7, 11) is 0. The van der Waals surface area contributed by atoms with Crippen molar-refractivity contribution < 1.29 is 27.8 Å². The number of carbonyl (C=O) groups excluding carboxylic acids is 1. The van der Waals surface area contributed by atoms with E-state index in [2.05, 4.69) is 5.32 Å². The molecular formula is C23H18Cl2F3NO3. The van der Waals surface area contributed by atoms with Gasteiger partial charge in [-0.1, -0.05) is 35.3 Å². The Morgan fingerprint density at radius 2 is 1.75 bits per heavy atom. The molecule has 0 saturated carbocycles. The fourth-order valence-electron chi connectivity index (χ4n) is 2.89. The molecule has 3 aromatic carbocycles. The number of rotatable bonds is 6. The fourth-order valence-corrected chi connectivity index (χ4v) is 3.23. The van der Waals surface area contributed by atoms with Gasteiger partial charge in [-0.05, 0) is 60.5 Å². The average molecular weight is 484 g/mol. The van der Waals surface area contributed by atoms with Gasteiger partial charge >= 0.3 is 6.18 Å². The first-order chi connectivity index (χ1) is 15.0. The van der Waals surface area contributed by atoms with Gasteiger partial charge in [0.05, 0.1) is 23.4 Å². The molecule has 0 unspecified atom stereocenters. The highest BCUT2D eigenvalue weighted by Crippen LogP contribution is 2.33. The highest BCUT2D eigenvalue weighted by atomic mass is 35.5. The minimum Gasteiger partial charge on any atom is -0.507 e. The van der Waals surface area contributed by atoms with Crippen LogP contribution < -0.4 is 10.1 Å². The van der Waals surface area contributed by atoms with Gasteiger partial charge in [-0.2, -0.15) is 13.2 Å². The Bertz CT molecular complexity index is 1130. The first kappa shape index (κ1) is 23.8. The number of benzene rings is 3. The van der Waals surface area contributed by atoms with Gasteiger partial charge in [0.15, 0.2) is 0 Å². The minimum absolute atomic E-state index is 0.0232. The van der Waals surface area contributed by atoms with Crippen LogP contribution in [-0.4, -0.2) is 17.6 Å². The molecule has 9 heteroatoms. The van der Waals surface area contributed by atoms with Crippen molar-refractivity contribution in [1.82, 2.24) is 0 Å². The van der Waals surface area contributed by atoms with Crippen LogP contribution in [0.5, 0.6) is 11.5 Å². The molecule has 0 saturated heterocycles. The van der Waals surface area contributed by atoms with E-state index in [0.717, 1.165) is 12.1 Å². The second-order valence-electron chi connectivity index (χ2n) is 7.01. The third-order valence-electron chi connectivity index (χ3n) is 4.64. The molecule has 3 rings (SSSR count). The Kier molecular flexibility index (Phi) is 7.21. The molecule has 0 fully saturated rings. The molecule has 0 bridgehead atoms. The van der Waals surface area contributed by atoms with Gasteiger partial charge in [-0.15, -0.1) is 0 Å². The van der Waals surface area contributed by atoms with Gasteiger partial charge in [0.2, 0.25) is 0 Å². The number of ether oxygens (including phenoxy) is 1. The molecule has 0 aliphatic heterocycles. The van der Waals surface area contributed by atoms with Crippen LogP contribution in [0.4, 0.5) is 18.9 Å². The second kappa shape index (κ2) is 9.71. The maximum absolute atomic E-state index is 12.7. The number of anilines is 1. The molecule has 3 aromatic rings. The third-order valence-corrected chi connectivity index (χ3v) is 5.28. The zero-order valence-electron chi connectivity index (χ0n) is 16.8. The largest absolute Gasteiger partial charge is 0.507 e. The number of alkyl halides is 3. The highest BCUT2D eigenvalue weighted by molar-refractivity contribution is 6.32. The lowest BCUT2D eigenvalue weighted by Gasteiger charge is -2.15. The maximum atomic E-state index is 12.7. The van der Waals surface area contributed by atoms with E-state index in [4.69, 9.17) is 27.9 Å². The lowest BCUT2D eigenvalue weighted by Crippen LogP contribution is -2.14. The van der Waals surface area contributed by atoms with E-state index in [1.165, 1.54) is 36.4 Å². The molecule has 32 heavy (non-hydrogen) atoms. The SMILES string of the molecule is Cc1cc(OCCc2ccc(C(F)(F)F)cc2)c(NC(=O)c2cc(Cl)ccc2O)cc1Cl. The maximum Gasteiger partial charge on any atom is 0.416 e. The molecule has 168 valence electrons. The average Bonchev–Trinajstić information content (AvgIpc) is 2.73. The van der Waals surface area contributed by atoms with E-state index >= 15 is 0 Å². The summed E-state index contributed by atoms with van der Waals surface area (Å²) >= 11 is 12.1. The summed E-state index contributed by atoms with van der Waals surface area (Å²) in [6.07, 6.45) is -4.04. The molecule has 0 spiro atoms. The molecule has 4 nitrogen and oxygen atoms in total. The number of amides is 1. The van der Waals surface area contributed by atoms with Gasteiger partial charge in [0.1, 0.15) is 11.5 Å². The van der Waals surface area contributed by atoms with Crippen molar-refractivity contribution in [2.24, 2.45) is 0 Å². The molecule has 0 atom stereocenters. The summed E-state index contributed by atoms with van der Waals surface area (Å²) in [5.41, 5.74) is 0.907. The van der Waals surface area contributed by atoms with Crippen molar-refractivity contribution in [1.29, 1.82) is 0 Å². The Morgan fingerprint density at radius 1 is 1.06 bits per heavy atom. The quantitative estimate of drug-likeness (QED) is 0.400. The number of phenols is 1. The van der Waals surface area contributed by atoms with E-state index in [9.17, 15) is 23.1 Å². The third kappa shape index (κ3) is 5.87. The molecule has 2 N–H and O–H groups in total. The van der Waals surface area contributed by atoms with Crippen molar-refractivity contribution in [2.45, 2.75) is 19.5 Å². The first-order valence-corrected chi connectivity index (χ1v) is 10.2. The summed E-state index contributed by atoms with van der Waals surface area (Å²) in [4.78, 5) is 12.6. The van der Waals surface area contributed by atoms with Crippen LogP contribution in [0, 0.1) is 6.92 Å². The molecule has 0 radical (unpaired) electrons. The van der Waals surface area contributed by atoms with Crippen LogP contribution >= 0.6 is 23.2 Å². The zero-order valence-corrected chi connectivity index (χ0v) is 18.3. The standard InChI is InChI=1S/C23H18Cl2F3NO3/c1-13-10-21(32-9-8-14-2-4-15(5-3-14)23(26,27)28)19(12-18(13)25)29-22(31)17-11-16(24)6-7-20(17)30/h2-7,10-12,30H,8-9H2,1H3,(H,29,31). The number of aromatic hydroxyl groups is 1. The van der Waals surface area contributed by atoms with Gasteiger partial charge in [-0.3, -0.25) is 4.79 Å². The molecule has 1 amide bonds. The Balaban J connectivity index is 1.73. The summed E-state index contributed by atoms with van der Waals surface area (Å²) in [6, 6.07) is 12.1. The number of phenolic OH excluding ortho intramolecular Hbond substituents is 1. The summed E-state index contributed by atoms with van der Waals surface area (Å²) in [6.45, 7) is 1.91. The molecule has 0 aliphatic rings. The molecule has 0 aromatic heterocycles. The van der Waals surface area contributed by atoms with Crippen molar-refractivity contribution in [2.75, 3.05) is 11.9 Å². The normalized spacial score (nSPS) is 11.3. The predicted octanol–water partition coefficient (Wildman–Crippen LogP) is 6.90. The van der Waals surface area contributed by atoms with E-state index in [0.29, 0.717) is 28.3 Å². The Hall–Kier alpha value is -2.90. The number of hydrogen-bond donors (Lipinski definition) is 2. The molecule has 0 aliphatic carbocycles. The van der Waals surface area contributed by atoms with Crippen molar-refractivity contribution in [3.8, 4) is 11.5 Å². The van der Waals surface area contributed by atoms with E-state index < -0.39 is 17.6 Å². The van der Waals surface area contributed by atoms with Crippen molar-refractivity contribution in [3.63, 3.8) is 0 Å². The predicted molar refractivity (Wildman–Crippen MR) is 118 cm³/mol. The first-order valence-electron chi connectivity index (χ1n) is 9.43. The lowest BCUT2D eigenvalue weighted by atomic mass is 10.1. The smallest absolute Gasteiger partial charge is 0.416 e. The second-order valence-corrected chi connectivity index (χ2v) is 7.85. The van der Waals surface area contributed by atoms with E-state index in [1.54, 1.807) is 13.0 Å². The van der Waals surface area contributed by atoms with Gasteiger partial charge < -0.3 is 15.2 Å². The lowest BCUT2D eigenvalue weighted by molar-refractivity contribution is -0.137. The van der Waals surface area contributed by atoms with E-state index in [1.807, 2.05) is 0 Å². The fraction of sp³-hybridized carbons (Fsp3) is 0.174. The van der Waals surface area contributed by atoms with E-state index in [-0.39, 0.29) is 28.6 Å². The number of nitrogens with one attached hydrogen (secondary N) is 1. The van der Waals surface area contributed by atoms with Crippen LogP contribution in [0.15, 0.2) is 54.6 Å². The number of halogens is 5. The molecular weight excluding hydrogens is 466 g/mol. The zero-order chi connectivity index (χ0) is 23.5. The van der Waals surface area contributed by atoms with Gasteiger partial charge in [0.25, 0.3) is 5.91 Å². The Labute approximate surface area is 192 Å². The monoisotopic (exact) mass is 483 g/mol. The summed E-state index contributed by atoms with van der Waals surface area (Å²) < 4.78 is 43.8. The number of aryl methyl sites for hydroxylation is 1. The van der Waals surface area contributed by atoms with Gasteiger partial charge in [0, 0.05) is 16.5 Å². The van der Waals surface area contributed by atoms with Crippen LogP contribution in [0.25, 0.3) is 0 Å². The van der Waals surface area contributed by atoms with Crippen molar-refractivity contribution in [3.05, 3.63) is 86.9 Å². The number of hydrogen-bond acceptors (Lipinski definition) is 3. The van der Waals surface area contributed by atoms with Crippen LogP contribution in [0.2, 0.25) is 10.0 Å². The topological polar surface area (TPSA) is 58.6 Å². The Morgan fingerprint density at radius 3 is 2.41 bits per heavy atom. The van der Waals surface area contributed by atoms with Gasteiger partial charge in [-0.25, -0.2) is 0 Å².